The first-order valence-corrected chi connectivity index (χ1v) is 9.11. The Labute approximate surface area is 162 Å². The number of ketones is 1. The monoisotopic (exact) mass is 385 g/mol. The summed E-state index contributed by atoms with van der Waals surface area (Å²) in [6.45, 7) is 3.66. The highest BCUT2D eigenvalue weighted by molar-refractivity contribution is 6.33. The number of hydrogen-bond acceptors (Lipinski definition) is 4. The fraction of sp³-hybridized carbons (Fsp3) is 0.286. The standard InChI is InChI=1S/C21H20ClNO4/c1-13-7-9-15(10-8-13)20(25)14(2)27-21(26)16-11-19(24)23(12-16)18-6-4-3-5-17(18)22/h3-10,14,16H,11-12H2,1-2H3/t14-,16+/m1/s1. The molecule has 2 aromatic rings. The molecule has 1 amide bonds. The molecule has 0 aromatic heterocycles. The first kappa shape index (κ1) is 19.1. The summed E-state index contributed by atoms with van der Waals surface area (Å²) in [4.78, 5) is 38.7. The highest BCUT2D eigenvalue weighted by Crippen LogP contribution is 2.31. The van der Waals surface area contributed by atoms with Crippen molar-refractivity contribution in [2.24, 2.45) is 5.92 Å². The minimum Gasteiger partial charge on any atom is -0.454 e. The number of carbonyl (C=O) groups excluding carboxylic acids is 3. The first-order chi connectivity index (χ1) is 12.9. The van der Waals surface area contributed by atoms with Gasteiger partial charge in [0, 0.05) is 18.5 Å². The van der Waals surface area contributed by atoms with E-state index in [4.69, 9.17) is 16.3 Å². The molecule has 1 heterocycles. The van der Waals surface area contributed by atoms with E-state index in [1.54, 1.807) is 43.3 Å². The number of ether oxygens (including phenoxy) is 1. The second-order valence-electron chi connectivity index (χ2n) is 6.67. The Hall–Kier alpha value is -2.66. The molecular formula is C21H20ClNO4. The zero-order chi connectivity index (χ0) is 19.6. The number of para-hydroxylation sites is 1. The minimum atomic E-state index is -0.912. The van der Waals surface area contributed by atoms with Gasteiger partial charge in [-0.3, -0.25) is 14.4 Å². The van der Waals surface area contributed by atoms with Crippen LogP contribution in [0.3, 0.4) is 0 Å². The number of hydrogen-bond donors (Lipinski definition) is 0. The predicted octanol–water partition coefficient (Wildman–Crippen LogP) is 3.82. The molecule has 2 atom stereocenters. The Bertz CT molecular complexity index is 878. The third-order valence-corrected chi connectivity index (χ3v) is 4.92. The van der Waals surface area contributed by atoms with Crippen LogP contribution < -0.4 is 4.90 Å². The molecule has 27 heavy (non-hydrogen) atoms. The topological polar surface area (TPSA) is 63.7 Å². The van der Waals surface area contributed by atoms with Crippen molar-refractivity contribution >= 4 is 34.9 Å². The second-order valence-corrected chi connectivity index (χ2v) is 7.07. The van der Waals surface area contributed by atoms with Gasteiger partial charge in [0.05, 0.1) is 16.6 Å². The van der Waals surface area contributed by atoms with Gasteiger partial charge in [0.25, 0.3) is 0 Å². The number of halogens is 1. The molecule has 0 saturated carbocycles. The quantitative estimate of drug-likeness (QED) is 0.579. The summed E-state index contributed by atoms with van der Waals surface area (Å²) < 4.78 is 5.34. The number of aryl methyl sites for hydroxylation is 1. The molecule has 0 unspecified atom stereocenters. The molecule has 0 aliphatic carbocycles. The molecule has 1 aliphatic heterocycles. The molecule has 5 nitrogen and oxygen atoms in total. The van der Waals surface area contributed by atoms with E-state index < -0.39 is 18.0 Å². The number of benzene rings is 2. The molecule has 6 heteroatoms. The molecule has 1 saturated heterocycles. The van der Waals surface area contributed by atoms with Gasteiger partial charge in [0.1, 0.15) is 0 Å². The van der Waals surface area contributed by atoms with Crippen LogP contribution in [-0.2, 0) is 14.3 Å². The summed E-state index contributed by atoms with van der Waals surface area (Å²) in [7, 11) is 0. The third-order valence-electron chi connectivity index (χ3n) is 4.60. The van der Waals surface area contributed by atoms with Gasteiger partial charge < -0.3 is 9.64 Å². The highest BCUT2D eigenvalue weighted by atomic mass is 35.5. The molecule has 0 radical (unpaired) electrons. The average Bonchev–Trinajstić information content (AvgIpc) is 3.04. The van der Waals surface area contributed by atoms with Crippen LogP contribution in [0.5, 0.6) is 0 Å². The SMILES string of the molecule is Cc1ccc(C(=O)[C@@H](C)OC(=O)[C@H]2CC(=O)N(c3ccccc3Cl)C2)cc1. The predicted molar refractivity (Wildman–Crippen MR) is 103 cm³/mol. The Morgan fingerprint density at radius 3 is 2.48 bits per heavy atom. The van der Waals surface area contributed by atoms with Crippen molar-refractivity contribution in [2.75, 3.05) is 11.4 Å². The Balaban J connectivity index is 1.64. The normalized spacial score (nSPS) is 17.7. The lowest BCUT2D eigenvalue weighted by molar-refractivity contribution is -0.151. The molecule has 1 aliphatic rings. The van der Waals surface area contributed by atoms with E-state index in [0.29, 0.717) is 16.3 Å². The van der Waals surface area contributed by atoms with Crippen LogP contribution in [-0.4, -0.2) is 30.3 Å². The smallest absolute Gasteiger partial charge is 0.312 e. The summed E-state index contributed by atoms with van der Waals surface area (Å²) >= 11 is 6.15. The van der Waals surface area contributed by atoms with Crippen LogP contribution in [0.4, 0.5) is 5.69 Å². The fourth-order valence-corrected chi connectivity index (χ4v) is 3.28. The average molecular weight is 386 g/mol. The van der Waals surface area contributed by atoms with Crippen LogP contribution in [0.1, 0.15) is 29.3 Å². The van der Waals surface area contributed by atoms with Crippen LogP contribution in [0.2, 0.25) is 5.02 Å². The van der Waals surface area contributed by atoms with E-state index in [-0.39, 0.29) is 24.7 Å². The van der Waals surface area contributed by atoms with E-state index in [2.05, 4.69) is 0 Å². The molecule has 0 N–H and O–H groups in total. The van der Waals surface area contributed by atoms with Gasteiger partial charge in [-0.1, -0.05) is 53.6 Å². The third kappa shape index (κ3) is 4.19. The van der Waals surface area contributed by atoms with Crippen molar-refractivity contribution in [1.29, 1.82) is 0 Å². The zero-order valence-electron chi connectivity index (χ0n) is 15.1. The van der Waals surface area contributed by atoms with Crippen molar-refractivity contribution in [2.45, 2.75) is 26.4 Å². The summed E-state index contributed by atoms with van der Waals surface area (Å²) in [6.07, 6.45) is -0.875. The minimum absolute atomic E-state index is 0.0372. The van der Waals surface area contributed by atoms with E-state index in [9.17, 15) is 14.4 Å². The maximum Gasteiger partial charge on any atom is 0.312 e. The summed E-state index contributed by atoms with van der Waals surface area (Å²) in [5, 5.41) is 0.447. The lowest BCUT2D eigenvalue weighted by atomic mass is 10.1. The summed E-state index contributed by atoms with van der Waals surface area (Å²) in [5.74, 6) is -1.63. The van der Waals surface area contributed by atoms with E-state index in [1.165, 1.54) is 4.90 Å². The Morgan fingerprint density at radius 1 is 1.15 bits per heavy atom. The van der Waals surface area contributed by atoms with Gasteiger partial charge in [-0.2, -0.15) is 0 Å². The van der Waals surface area contributed by atoms with Crippen molar-refractivity contribution in [3.63, 3.8) is 0 Å². The van der Waals surface area contributed by atoms with Gasteiger partial charge in [-0.15, -0.1) is 0 Å². The van der Waals surface area contributed by atoms with Gasteiger partial charge in [-0.25, -0.2) is 0 Å². The van der Waals surface area contributed by atoms with Crippen molar-refractivity contribution < 1.29 is 19.1 Å². The second kappa shape index (κ2) is 7.92. The van der Waals surface area contributed by atoms with E-state index >= 15 is 0 Å². The van der Waals surface area contributed by atoms with Gasteiger partial charge in [0.15, 0.2) is 6.10 Å². The van der Waals surface area contributed by atoms with Crippen molar-refractivity contribution in [3.8, 4) is 0 Å². The van der Waals surface area contributed by atoms with Crippen LogP contribution in [0, 0.1) is 12.8 Å². The number of carbonyl (C=O) groups is 3. The van der Waals surface area contributed by atoms with Gasteiger partial charge in [0.2, 0.25) is 11.7 Å². The fourth-order valence-electron chi connectivity index (χ4n) is 3.05. The largest absolute Gasteiger partial charge is 0.454 e. The number of nitrogens with zero attached hydrogens (tertiary/aromatic N) is 1. The maximum atomic E-state index is 12.5. The molecule has 3 rings (SSSR count). The molecule has 1 fully saturated rings. The van der Waals surface area contributed by atoms with Gasteiger partial charge in [-0.05, 0) is 26.0 Å². The van der Waals surface area contributed by atoms with Gasteiger partial charge >= 0.3 is 5.97 Å². The maximum absolute atomic E-state index is 12.5. The van der Waals surface area contributed by atoms with Crippen LogP contribution >= 0.6 is 11.6 Å². The van der Waals surface area contributed by atoms with Crippen LogP contribution in [0.15, 0.2) is 48.5 Å². The number of Topliss-reactive ketones (excluding diaryl/α,β-unsaturated/α-hetero) is 1. The van der Waals surface area contributed by atoms with E-state index in [0.717, 1.165) is 5.56 Å². The lowest BCUT2D eigenvalue weighted by Crippen LogP contribution is -2.30. The summed E-state index contributed by atoms with van der Waals surface area (Å²) in [6, 6.07) is 14.1. The van der Waals surface area contributed by atoms with Crippen molar-refractivity contribution in [1.82, 2.24) is 0 Å². The highest BCUT2D eigenvalue weighted by Gasteiger charge is 2.38. The molecule has 2 aromatic carbocycles. The van der Waals surface area contributed by atoms with Crippen molar-refractivity contribution in [3.05, 3.63) is 64.7 Å². The number of rotatable bonds is 5. The Kier molecular flexibility index (Phi) is 5.61. The lowest BCUT2D eigenvalue weighted by Gasteiger charge is -2.18. The molecule has 0 bridgehead atoms. The summed E-state index contributed by atoms with van der Waals surface area (Å²) in [5.41, 5.74) is 2.10. The zero-order valence-corrected chi connectivity index (χ0v) is 15.9. The number of anilines is 1. The number of esters is 1. The first-order valence-electron chi connectivity index (χ1n) is 8.73. The van der Waals surface area contributed by atoms with E-state index in [1.807, 2.05) is 19.1 Å². The number of amides is 1. The van der Waals surface area contributed by atoms with Crippen LogP contribution in [0.25, 0.3) is 0 Å². The molecular weight excluding hydrogens is 366 g/mol. The molecule has 0 spiro atoms. The Morgan fingerprint density at radius 2 is 1.81 bits per heavy atom. The molecule has 140 valence electrons.